The lowest BCUT2D eigenvalue weighted by molar-refractivity contribution is 0.184. The third kappa shape index (κ3) is 5.83. The molecule has 0 saturated carbocycles. The highest BCUT2D eigenvalue weighted by molar-refractivity contribution is 4.71. The molecule has 1 aliphatic rings. The van der Waals surface area contributed by atoms with Gasteiger partial charge in [0.1, 0.15) is 0 Å². The van der Waals surface area contributed by atoms with Gasteiger partial charge in [-0.2, -0.15) is 0 Å². The largest absolute Gasteiger partial charge is 0.396 e. The molecule has 1 aliphatic heterocycles. The maximum absolute atomic E-state index is 8.72. The summed E-state index contributed by atoms with van der Waals surface area (Å²) < 4.78 is 0. The fourth-order valence-corrected chi connectivity index (χ4v) is 2.52. The van der Waals surface area contributed by atoms with E-state index in [9.17, 15) is 0 Å². The topological polar surface area (TPSA) is 26.7 Å². The summed E-state index contributed by atoms with van der Waals surface area (Å²) in [5, 5.41) is 8.72. The first kappa shape index (κ1) is 13.9. The van der Waals surface area contributed by atoms with Gasteiger partial charge in [-0.1, -0.05) is 0 Å². The highest BCUT2D eigenvalue weighted by Crippen LogP contribution is 2.18. The molecule has 3 heteroatoms. The van der Waals surface area contributed by atoms with Crippen molar-refractivity contribution in [3.63, 3.8) is 0 Å². The Morgan fingerprint density at radius 3 is 2.81 bits per heavy atom. The third-order valence-corrected chi connectivity index (χ3v) is 3.59. The van der Waals surface area contributed by atoms with E-state index >= 15 is 0 Å². The molecule has 1 heterocycles. The molecular weight excluding hydrogens is 200 g/mol. The Morgan fingerprint density at radius 2 is 2.12 bits per heavy atom. The molecule has 16 heavy (non-hydrogen) atoms. The van der Waals surface area contributed by atoms with Crippen LogP contribution in [0.2, 0.25) is 0 Å². The molecule has 0 spiro atoms. The predicted octanol–water partition coefficient (Wildman–Crippen LogP) is 1.42. The maximum atomic E-state index is 8.72. The minimum atomic E-state index is 0.335. The second-order valence-corrected chi connectivity index (χ2v) is 5.29. The zero-order valence-corrected chi connectivity index (χ0v) is 11.0. The Hall–Kier alpha value is -0.120. The predicted molar refractivity (Wildman–Crippen MR) is 68.7 cm³/mol. The number of rotatable bonds is 7. The molecule has 0 aromatic carbocycles. The molecule has 0 amide bonds. The third-order valence-electron chi connectivity index (χ3n) is 3.59. The van der Waals surface area contributed by atoms with Crippen molar-refractivity contribution in [2.24, 2.45) is 5.92 Å². The second kappa shape index (κ2) is 8.04. The van der Waals surface area contributed by atoms with Crippen molar-refractivity contribution in [1.29, 1.82) is 0 Å². The number of nitrogens with zero attached hydrogens (tertiary/aromatic N) is 2. The van der Waals surface area contributed by atoms with Crippen LogP contribution in [0.1, 0.15) is 32.1 Å². The van der Waals surface area contributed by atoms with Gasteiger partial charge in [-0.25, -0.2) is 0 Å². The first-order chi connectivity index (χ1) is 7.72. The van der Waals surface area contributed by atoms with Gasteiger partial charge in [0.25, 0.3) is 0 Å². The molecule has 1 fully saturated rings. The number of aliphatic hydroxyl groups is 1. The van der Waals surface area contributed by atoms with Crippen LogP contribution in [0.3, 0.4) is 0 Å². The maximum Gasteiger partial charge on any atom is 0.0431 e. The average Bonchev–Trinajstić information content (AvgIpc) is 2.27. The Bertz CT molecular complexity index is 175. The first-order valence-electron chi connectivity index (χ1n) is 6.70. The van der Waals surface area contributed by atoms with E-state index in [1.165, 1.54) is 38.9 Å². The SMILES string of the molecule is CN(CCCCO)CCC1CCCN(C)C1. The fraction of sp³-hybridized carbons (Fsp3) is 1.00. The van der Waals surface area contributed by atoms with Crippen molar-refractivity contribution in [1.82, 2.24) is 9.80 Å². The van der Waals surface area contributed by atoms with Crippen LogP contribution in [0.5, 0.6) is 0 Å². The summed E-state index contributed by atoms with van der Waals surface area (Å²) in [4.78, 5) is 4.87. The minimum Gasteiger partial charge on any atom is -0.396 e. The molecule has 3 nitrogen and oxygen atoms in total. The van der Waals surface area contributed by atoms with Crippen LogP contribution in [0, 0.1) is 5.92 Å². The number of hydrogen-bond acceptors (Lipinski definition) is 3. The van der Waals surface area contributed by atoms with Crippen molar-refractivity contribution < 1.29 is 5.11 Å². The minimum absolute atomic E-state index is 0.335. The van der Waals surface area contributed by atoms with Gasteiger partial charge >= 0.3 is 0 Å². The van der Waals surface area contributed by atoms with Crippen LogP contribution in [0.25, 0.3) is 0 Å². The lowest BCUT2D eigenvalue weighted by Gasteiger charge is -2.30. The molecule has 0 bridgehead atoms. The average molecular weight is 228 g/mol. The summed E-state index contributed by atoms with van der Waals surface area (Å²) in [5.74, 6) is 0.902. The van der Waals surface area contributed by atoms with E-state index in [4.69, 9.17) is 5.11 Å². The fourth-order valence-electron chi connectivity index (χ4n) is 2.52. The van der Waals surface area contributed by atoms with Gasteiger partial charge in [0, 0.05) is 13.2 Å². The van der Waals surface area contributed by atoms with E-state index in [-0.39, 0.29) is 0 Å². The molecule has 1 N–H and O–H groups in total. The first-order valence-corrected chi connectivity index (χ1v) is 6.70. The molecule has 0 aliphatic carbocycles. The number of likely N-dealkylation sites (tertiary alicyclic amines) is 1. The van der Waals surface area contributed by atoms with Gasteiger partial charge < -0.3 is 14.9 Å². The van der Waals surface area contributed by atoms with Crippen molar-refractivity contribution in [3.8, 4) is 0 Å². The molecule has 0 aromatic heterocycles. The lowest BCUT2D eigenvalue weighted by atomic mass is 9.95. The van der Waals surface area contributed by atoms with Gasteiger partial charge in [-0.05, 0) is 71.8 Å². The van der Waals surface area contributed by atoms with Crippen LogP contribution < -0.4 is 0 Å². The molecule has 0 aromatic rings. The van der Waals surface area contributed by atoms with E-state index in [1.807, 2.05) is 0 Å². The normalized spacial score (nSPS) is 22.9. The number of aliphatic hydroxyl groups excluding tert-OH is 1. The Morgan fingerprint density at radius 1 is 1.31 bits per heavy atom. The van der Waals surface area contributed by atoms with Crippen molar-refractivity contribution in [2.75, 3.05) is 46.9 Å². The van der Waals surface area contributed by atoms with Gasteiger partial charge in [0.05, 0.1) is 0 Å². The summed E-state index contributed by atoms with van der Waals surface area (Å²) >= 11 is 0. The lowest BCUT2D eigenvalue weighted by Crippen LogP contribution is -2.34. The summed E-state index contributed by atoms with van der Waals surface area (Å²) in [6.07, 6.45) is 6.18. The summed E-state index contributed by atoms with van der Waals surface area (Å²) in [5.41, 5.74) is 0. The van der Waals surface area contributed by atoms with Gasteiger partial charge in [-0.15, -0.1) is 0 Å². The Balaban J connectivity index is 2.04. The number of unbranched alkanes of at least 4 members (excludes halogenated alkanes) is 1. The van der Waals surface area contributed by atoms with E-state index in [2.05, 4.69) is 23.9 Å². The van der Waals surface area contributed by atoms with Crippen LogP contribution in [0.15, 0.2) is 0 Å². The number of hydrogen-bond donors (Lipinski definition) is 1. The quantitative estimate of drug-likeness (QED) is 0.668. The van der Waals surface area contributed by atoms with Crippen molar-refractivity contribution in [2.45, 2.75) is 32.1 Å². The number of piperidine rings is 1. The summed E-state index contributed by atoms with van der Waals surface area (Å²) in [7, 11) is 4.43. The zero-order valence-electron chi connectivity index (χ0n) is 11.0. The van der Waals surface area contributed by atoms with Gasteiger partial charge in [0.2, 0.25) is 0 Å². The summed E-state index contributed by atoms with van der Waals surface area (Å²) in [6.45, 7) is 5.24. The highest BCUT2D eigenvalue weighted by atomic mass is 16.2. The zero-order chi connectivity index (χ0) is 11.8. The highest BCUT2D eigenvalue weighted by Gasteiger charge is 2.16. The van der Waals surface area contributed by atoms with E-state index in [0.29, 0.717) is 6.61 Å². The molecule has 1 atom stereocenters. The van der Waals surface area contributed by atoms with Crippen LogP contribution in [-0.2, 0) is 0 Å². The van der Waals surface area contributed by atoms with Gasteiger partial charge in [0.15, 0.2) is 0 Å². The smallest absolute Gasteiger partial charge is 0.0431 e. The van der Waals surface area contributed by atoms with E-state index < -0.39 is 0 Å². The Labute approximate surface area is 100 Å². The van der Waals surface area contributed by atoms with Crippen LogP contribution in [0.4, 0.5) is 0 Å². The monoisotopic (exact) mass is 228 g/mol. The van der Waals surface area contributed by atoms with Crippen LogP contribution in [-0.4, -0.2) is 61.8 Å². The molecule has 1 unspecified atom stereocenters. The van der Waals surface area contributed by atoms with Crippen molar-refractivity contribution in [3.05, 3.63) is 0 Å². The summed E-state index contributed by atoms with van der Waals surface area (Å²) in [6, 6.07) is 0. The molecule has 0 radical (unpaired) electrons. The molecule has 1 rings (SSSR count). The second-order valence-electron chi connectivity index (χ2n) is 5.29. The Kier molecular flexibility index (Phi) is 7.01. The standard InChI is InChI=1S/C13H28N2O/c1-14(8-3-4-11-16)10-7-13-6-5-9-15(2)12-13/h13,16H,3-12H2,1-2H3. The molecular formula is C13H28N2O. The van der Waals surface area contributed by atoms with E-state index in [0.717, 1.165) is 25.3 Å². The van der Waals surface area contributed by atoms with Crippen LogP contribution >= 0.6 is 0 Å². The van der Waals surface area contributed by atoms with E-state index in [1.54, 1.807) is 0 Å². The molecule has 1 saturated heterocycles. The molecule has 96 valence electrons. The van der Waals surface area contributed by atoms with Crippen molar-refractivity contribution >= 4 is 0 Å². The van der Waals surface area contributed by atoms with Gasteiger partial charge in [-0.3, -0.25) is 0 Å².